The Hall–Kier alpha value is -2.31. The van der Waals surface area contributed by atoms with E-state index in [1.54, 1.807) is 30.3 Å². The van der Waals surface area contributed by atoms with Gasteiger partial charge in [-0.3, -0.25) is 0 Å². The number of ether oxygens (including phenoxy) is 1. The lowest BCUT2D eigenvalue weighted by Crippen LogP contribution is -2.37. The normalized spacial score (nSPS) is 11.4. The molecule has 0 aliphatic rings. The number of benzene rings is 1. The second kappa shape index (κ2) is 7.80. The predicted octanol–water partition coefficient (Wildman–Crippen LogP) is 3.42. The van der Waals surface area contributed by atoms with Crippen molar-refractivity contribution in [1.82, 2.24) is 10.3 Å². The summed E-state index contributed by atoms with van der Waals surface area (Å²) in [5.41, 5.74) is 0.949. The van der Waals surface area contributed by atoms with E-state index in [1.165, 1.54) is 19.2 Å². The monoisotopic (exact) mass is 353 g/mol. The van der Waals surface area contributed by atoms with E-state index >= 15 is 0 Å². The van der Waals surface area contributed by atoms with Gasteiger partial charge in [0, 0.05) is 5.69 Å². The van der Waals surface area contributed by atoms with Gasteiger partial charge in [-0.1, -0.05) is 53.5 Å². The summed E-state index contributed by atoms with van der Waals surface area (Å²) in [7, 11) is 1.25. The molecule has 2 amide bonds. The van der Waals surface area contributed by atoms with Crippen molar-refractivity contribution in [3.8, 4) is 0 Å². The van der Waals surface area contributed by atoms with Crippen molar-refractivity contribution in [2.24, 2.45) is 0 Å². The third kappa shape index (κ3) is 4.84. The first kappa shape index (κ1) is 17.1. The highest BCUT2D eigenvalue weighted by Crippen LogP contribution is 2.19. The quantitative estimate of drug-likeness (QED) is 0.651. The first-order valence-corrected chi connectivity index (χ1v) is 7.28. The van der Waals surface area contributed by atoms with Crippen LogP contribution in [0.1, 0.15) is 11.6 Å². The Morgan fingerprint density at radius 1 is 1.13 bits per heavy atom. The van der Waals surface area contributed by atoms with Crippen molar-refractivity contribution in [2.75, 3.05) is 12.4 Å². The molecule has 0 aliphatic heterocycles. The number of carbonyl (C=O) groups is 2. The summed E-state index contributed by atoms with van der Waals surface area (Å²) in [6.07, 6.45) is 0. The summed E-state index contributed by atoms with van der Waals surface area (Å²) in [6, 6.07) is 10.1. The number of urea groups is 1. The second-order valence-electron chi connectivity index (χ2n) is 4.47. The van der Waals surface area contributed by atoms with Crippen LogP contribution in [0.4, 0.5) is 10.5 Å². The number of esters is 1. The van der Waals surface area contributed by atoms with Gasteiger partial charge in [-0.25, -0.2) is 14.6 Å². The largest absolute Gasteiger partial charge is 0.467 e. The van der Waals surface area contributed by atoms with Gasteiger partial charge in [-0.2, -0.15) is 0 Å². The molecule has 1 atom stereocenters. The number of hydrogen-bond acceptors (Lipinski definition) is 4. The van der Waals surface area contributed by atoms with Crippen LogP contribution in [0.3, 0.4) is 0 Å². The van der Waals surface area contributed by atoms with Gasteiger partial charge < -0.3 is 15.4 Å². The number of nitrogens with zero attached hydrogens (tertiary/aromatic N) is 1. The highest BCUT2D eigenvalue weighted by atomic mass is 35.5. The van der Waals surface area contributed by atoms with Crippen LogP contribution < -0.4 is 10.6 Å². The van der Waals surface area contributed by atoms with Crippen LogP contribution in [0.25, 0.3) is 0 Å². The molecule has 1 heterocycles. The Morgan fingerprint density at radius 2 is 1.74 bits per heavy atom. The van der Waals surface area contributed by atoms with Crippen LogP contribution in [-0.4, -0.2) is 24.1 Å². The molecule has 1 aromatic carbocycles. The van der Waals surface area contributed by atoms with Crippen molar-refractivity contribution in [3.63, 3.8) is 0 Å². The maximum atomic E-state index is 12.1. The van der Waals surface area contributed by atoms with Crippen LogP contribution in [0.2, 0.25) is 10.3 Å². The maximum absolute atomic E-state index is 12.1. The first-order valence-electron chi connectivity index (χ1n) is 6.53. The number of amides is 2. The molecule has 0 fully saturated rings. The number of aromatic nitrogens is 1. The zero-order valence-corrected chi connectivity index (χ0v) is 13.6. The van der Waals surface area contributed by atoms with Gasteiger partial charge in [0.15, 0.2) is 6.04 Å². The highest BCUT2D eigenvalue weighted by molar-refractivity contribution is 6.32. The molecular weight excluding hydrogens is 341 g/mol. The zero-order chi connectivity index (χ0) is 16.8. The minimum Gasteiger partial charge on any atom is -0.467 e. The molecule has 0 radical (unpaired) electrons. The third-order valence-electron chi connectivity index (χ3n) is 2.87. The lowest BCUT2D eigenvalue weighted by molar-refractivity contribution is -0.143. The molecule has 2 rings (SSSR count). The van der Waals surface area contributed by atoms with Crippen molar-refractivity contribution in [2.45, 2.75) is 6.04 Å². The van der Waals surface area contributed by atoms with Crippen LogP contribution in [-0.2, 0) is 9.53 Å². The van der Waals surface area contributed by atoms with Crippen molar-refractivity contribution >= 4 is 40.9 Å². The Balaban J connectivity index is 2.13. The smallest absolute Gasteiger partial charge is 0.333 e. The van der Waals surface area contributed by atoms with Crippen LogP contribution in [0.15, 0.2) is 42.5 Å². The number of pyridine rings is 1. The highest BCUT2D eigenvalue weighted by Gasteiger charge is 2.23. The minimum atomic E-state index is -0.936. The fourth-order valence-corrected chi connectivity index (χ4v) is 2.34. The van der Waals surface area contributed by atoms with Crippen LogP contribution in [0, 0.1) is 0 Å². The van der Waals surface area contributed by atoms with E-state index in [4.69, 9.17) is 27.9 Å². The number of hydrogen-bond donors (Lipinski definition) is 2. The summed E-state index contributed by atoms with van der Waals surface area (Å²) in [5, 5.41) is 5.35. The maximum Gasteiger partial charge on any atom is 0.333 e. The van der Waals surface area contributed by atoms with Gasteiger partial charge in [0.05, 0.1) is 7.11 Å². The molecule has 0 spiro atoms. The first-order chi connectivity index (χ1) is 11.0. The number of rotatable bonds is 4. The summed E-state index contributed by atoms with van der Waals surface area (Å²) in [4.78, 5) is 27.8. The molecular formula is C15H13Cl2N3O3. The van der Waals surface area contributed by atoms with Crippen molar-refractivity contribution < 1.29 is 14.3 Å². The molecule has 0 aliphatic carbocycles. The van der Waals surface area contributed by atoms with E-state index in [0.29, 0.717) is 11.3 Å². The Labute approximate surface area is 142 Å². The van der Waals surface area contributed by atoms with Crippen LogP contribution >= 0.6 is 23.2 Å². The standard InChI is InChI=1S/C15H13Cl2N3O3/c1-23-14(21)13(9-5-3-2-4-6-9)20-15(22)18-10-7-11(16)19-12(17)8-10/h2-8,13H,1H3,(H2,18,19,20,22). The van der Waals surface area contributed by atoms with Crippen molar-refractivity contribution in [3.05, 3.63) is 58.3 Å². The summed E-state index contributed by atoms with van der Waals surface area (Å²) in [6.45, 7) is 0. The molecule has 6 nitrogen and oxygen atoms in total. The summed E-state index contributed by atoms with van der Waals surface area (Å²) < 4.78 is 4.72. The van der Waals surface area contributed by atoms with Gasteiger partial charge >= 0.3 is 12.0 Å². The van der Waals surface area contributed by atoms with E-state index in [9.17, 15) is 9.59 Å². The zero-order valence-electron chi connectivity index (χ0n) is 12.0. The Morgan fingerprint density at radius 3 is 2.30 bits per heavy atom. The molecule has 0 saturated heterocycles. The van der Waals surface area contributed by atoms with E-state index in [-0.39, 0.29) is 10.3 Å². The summed E-state index contributed by atoms with van der Waals surface area (Å²) in [5.74, 6) is -0.586. The predicted molar refractivity (Wildman–Crippen MR) is 87.6 cm³/mol. The van der Waals surface area contributed by atoms with E-state index in [2.05, 4.69) is 15.6 Å². The Bertz CT molecular complexity index is 690. The number of methoxy groups -OCH3 is 1. The fourth-order valence-electron chi connectivity index (χ4n) is 1.88. The number of carbonyl (C=O) groups excluding carboxylic acids is 2. The molecule has 2 aromatic rings. The lowest BCUT2D eigenvalue weighted by atomic mass is 10.1. The molecule has 1 aromatic heterocycles. The van der Waals surface area contributed by atoms with E-state index in [0.717, 1.165) is 0 Å². The second-order valence-corrected chi connectivity index (χ2v) is 5.24. The fraction of sp³-hybridized carbons (Fsp3) is 0.133. The van der Waals surface area contributed by atoms with Crippen molar-refractivity contribution in [1.29, 1.82) is 0 Å². The van der Waals surface area contributed by atoms with Gasteiger partial charge in [-0.05, 0) is 17.7 Å². The molecule has 1 unspecified atom stereocenters. The van der Waals surface area contributed by atoms with E-state index < -0.39 is 18.0 Å². The van der Waals surface area contributed by atoms with Gasteiger partial charge in [-0.15, -0.1) is 0 Å². The topological polar surface area (TPSA) is 80.3 Å². The number of nitrogens with one attached hydrogen (secondary N) is 2. The number of halogens is 2. The molecule has 23 heavy (non-hydrogen) atoms. The molecule has 2 N–H and O–H groups in total. The molecule has 0 saturated carbocycles. The van der Waals surface area contributed by atoms with Gasteiger partial charge in [0.25, 0.3) is 0 Å². The molecule has 0 bridgehead atoms. The SMILES string of the molecule is COC(=O)C(NC(=O)Nc1cc(Cl)nc(Cl)c1)c1ccccc1. The molecule has 8 heteroatoms. The van der Waals surface area contributed by atoms with E-state index in [1.807, 2.05) is 0 Å². The minimum absolute atomic E-state index is 0.139. The van der Waals surface area contributed by atoms with Gasteiger partial charge in [0.2, 0.25) is 0 Å². The summed E-state index contributed by atoms with van der Waals surface area (Å²) >= 11 is 11.5. The van der Waals surface area contributed by atoms with Crippen LogP contribution in [0.5, 0.6) is 0 Å². The Kier molecular flexibility index (Phi) is 5.78. The number of anilines is 1. The molecule has 120 valence electrons. The van der Waals surface area contributed by atoms with Gasteiger partial charge in [0.1, 0.15) is 10.3 Å². The third-order valence-corrected chi connectivity index (χ3v) is 3.25. The lowest BCUT2D eigenvalue weighted by Gasteiger charge is -2.17. The average molecular weight is 354 g/mol. The average Bonchev–Trinajstić information content (AvgIpc) is 2.51.